The summed E-state index contributed by atoms with van der Waals surface area (Å²) in [5, 5.41) is 12.8. The van der Waals surface area contributed by atoms with Gasteiger partial charge in [0.2, 0.25) is 5.82 Å². The highest BCUT2D eigenvalue weighted by atomic mass is 16.5. The summed E-state index contributed by atoms with van der Waals surface area (Å²) in [5.41, 5.74) is 0.968. The van der Waals surface area contributed by atoms with E-state index in [-0.39, 0.29) is 12.2 Å². The van der Waals surface area contributed by atoms with E-state index in [1.807, 2.05) is 18.2 Å². The van der Waals surface area contributed by atoms with Gasteiger partial charge in [-0.2, -0.15) is 4.98 Å². The highest BCUT2D eigenvalue weighted by Crippen LogP contribution is 2.21. The summed E-state index contributed by atoms with van der Waals surface area (Å²) in [5.74, 6) is 0.986. The fourth-order valence-electron chi connectivity index (χ4n) is 2.03. The van der Waals surface area contributed by atoms with E-state index in [2.05, 4.69) is 10.1 Å². The van der Waals surface area contributed by atoms with E-state index in [1.54, 1.807) is 25.3 Å². The number of carboxylic acids is 1. The molecule has 0 bridgehead atoms. The molecule has 0 spiro atoms. The van der Waals surface area contributed by atoms with Crippen LogP contribution in [0.15, 0.2) is 53.1 Å². The highest BCUT2D eigenvalue weighted by Gasteiger charge is 2.10. The van der Waals surface area contributed by atoms with Gasteiger partial charge in [0.25, 0.3) is 5.89 Å². The van der Waals surface area contributed by atoms with E-state index in [1.165, 1.54) is 12.1 Å². The summed E-state index contributed by atoms with van der Waals surface area (Å²) in [6.45, 7) is 0.0867. The molecule has 0 radical (unpaired) electrons. The molecule has 0 aliphatic rings. The summed E-state index contributed by atoms with van der Waals surface area (Å²) >= 11 is 0. The number of ether oxygens (including phenoxy) is 2. The lowest BCUT2D eigenvalue weighted by Gasteiger charge is -2.03. The van der Waals surface area contributed by atoms with Gasteiger partial charge in [0.05, 0.1) is 12.7 Å². The maximum absolute atomic E-state index is 10.8. The predicted octanol–water partition coefficient (Wildman–Crippen LogP) is 3.02. The van der Waals surface area contributed by atoms with Crippen molar-refractivity contribution in [2.45, 2.75) is 6.61 Å². The Balaban J connectivity index is 1.66. The fourth-order valence-corrected chi connectivity index (χ4v) is 2.03. The number of nitrogens with zero attached hydrogens (tertiary/aromatic N) is 2. The number of carboxylic acid groups (broad SMARTS) is 1. The smallest absolute Gasteiger partial charge is 0.335 e. The van der Waals surface area contributed by atoms with Crippen LogP contribution < -0.4 is 9.47 Å². The largest absolute Gasteiger partial charge is 0.497 e. The number of rotatable bonds is 6. The molecular weight excluding hydrogens is 312 g/mol. The number of carbonyl (C=O) groups is 1. The second-order valence-corrected chi connectivity index (χ2v) is 4.86. The number of hydrogen-bond acceptors (Lipinski definition) is 6. The fraction of sp³-hybridized carbons (Fsp3) is 0.118. The van der Waals surface area contributed by atoms with Crippen LogP contribution in [0.5, 0.6) is 11.5 Å². The van der Waals surface area contributed by atoms with Gasteiger partial charge in [-0.3, -0.25) is 0 Å². The Morgan fingerprint density at radius 2 is 1.96 bits per heavy atom. The van der Waals surface area contributed by atoms with Gasteiger partial charge < -0.3 is 19.1 Å². The Morgan fingerprint density at radius 1 is 1.17 bits per heavy atom. The molecule has 3 rings (SSSR count). The maximum Gasteiger partial charge on any atom is 0.335 e. The normalized spacial score (nSPS) is 10.4. The molecular formula is C17H14N2O5. The van der Waals surface area contributed by atoms with Crippen molar-refractivity contribution in [2.75, 3.05) is 7.11 Å². The first-order valence-corrected chi connectivity index (χ1v) is 7.09. The number of methoxy groups -OCH3 is 1. The molecule has 0 aliphatic heterocycles. The van der Waals surface area contributed by atoms with Gasteiger partial charge >= 0.3 is 5.97 Å². The van der Waals surface area contributed by atoms with E-state index < -0.39 is 5.97 Å². The van der Waals surface area contributed by atoms with Crippen molar-refractivity contribution in [1.29, 1.82) is 0 Å². The average molecular weight is 326 g/mol. The molecule has 2 aromatic carbocycles. The molecule has 0 unspecified atom stereocenters. The van der Waals surface area contributed by atoms with Crippen molar-refractivity contribution in [3.8, 4) is 22.9 Å². The quantitative estimate of drug-likeness (QED) is 0.744. The third kappa shape index (κ3) is 3.52. The Morgan fingerprint density at radius 3 is 2.67 bits per heavy atom. The highest BCUT2D eigenvalue weighted by molar-refractivity contribution is 5.87. The van der Waals surface area contributed by atoms with Crippen molar-refractivity contribution in [2.24, 2.45) is 0 Å². The Kier molecular flexibility index (Phi) is 4.42. The van der Waals surface area contributed by atoms with Gasteiger partial charge in [-0.15, -0.1) is 0 Å². The van der Waals surface area contributed by atoms with E-state index in [9.17, 15) is 4.79 Å². The molecule has 7 nitrogen and oxygen atoms in total. The van der Waals surface area contributed by atoms with Gasteiger partial charge in [0.1, 0.15) is 11.5 Å². The van der Waals surface area contributed by atoms with E-state index in [0.29, 0.717) is 23.2 Å². The first-order chi connectivity index (χ1) is 11.7. The Bertz CT molecular complexity index is 842. The number of hydrogen-bond donors (Lipinski definition) is 1. The van der Waals surface area contributed by atoms with Crippen LogP contribution in [0.1, 0.15) is 16.2 Å². The minimum atomic E-state index is -0.985. The second-order valence-electron chi connectivity index (χ2n) is 4.86. The van der Waals surface area contributed by atoms with Crippen LogP contribution in [0, 0.1) is 0 Å². The van der Waals surface area contributed by atoms with Gasteiger partial charge in [-0.25, -0.2) is 4.79 Å². The van der Waals surface area contributed by atoms with Crippen LogP contribution in [-0.4, -0.2) is 28.3 Å². The lowest BCUT2D eigenvalue weighted by atomic mass is 10.2. The molecule has 0 amide bonds. The average Bonchev–Trinajstić information content (AvgIpc) is 3.09. The van der Waals surface area contributed by atoms with Gasteiger partial charge in [0, 0.05) is 5.56 Å². The Hall–Kier alpha value is -3.35. The molecule has 1 aromatic heterocycles. The van der Waals surface area contributed by atoms with Gasteiger partial charge in [0.15, 0.2) is 6.61 Å². The van der Waals surface area contributed by atoms with Crippen LogP contribution in [0.3, 0.4) is 0 Å². The first-order valence-electron chi connectivity index (χ1n) is 7.09. The lowest BCUT2D eigenvalue weighted by Crippen LogP contribution is -1.98. The summed E-state index contributed by atoms with van der Waals surface area (Å²) in [6.07, 6.45) is 0. The van der Waals surface area contributed by atoms with Crippen LogP contribution in [0.4, 0.5) is 0 Å². The van der Waals surface area contributed by atoms with Crippen molar-refractivity contribution in [3.05, 3.63) is 60.0 Å². The standard InChI is InChI=1S/C17H14N2O5/c1-22-14-4-2-3-12(9-14)16-18-15(24-19-16)10-23-13-7-5-11(6-8-13)17(20)21/h2-9H,10H2,1H3,(H,20,21). The number of aromatic carboxylic acids is 1. The molecule has 0 atom stereocenters. The van der Waals surface area contributed by atoms with Crippen LogP contribution in [-0.2, 0) is 6.61 Å². The van der Waals surface area contributed by atoms with Crippen molar-refractivity contribution < 1.29 is 23.9 Å². The molecule has 3 aromatic rings. The zero-order valence-electron chi connectivity index (χ0n) is 12.8. The van der Waals surface area contributed by atoms with Crippen molar-refractivity contribution in [1.82, 2.24) is 10.1 Å². The monoisotopic (exact) mass is 326 g/mol. The second kappa shape index (κ2) is 6.82. The number of benzene rings is 2. The lowest BCUT2D eigenvalue weighted by molar-refractivity contribution is 0.0697. The topological polar surface area (TPSA) is 94.7 Å². The summed E-state index contributed by atoms with van der Waals surface area (Å²) in [6, 6.07) is 13.4. The molecule has 0 saturated heterocycles. The minimum Gasteiger partial charge on any atom is -0.497 e. The zero-order valence-corrected chi connectivity index (χ0v) is 12.8. The zero-order chi connectivity index (χ0) is 16.9. The molecule has 1 heterocycles. The van der Waals surface area contributed by atoms with Crippen molar-refractivity contribution >= 4 is 5.97 Å². The first kappa shape index (κ1) is 15.5. The van der Waals surface area contributed by atoms with E-state index in [4.69, 9.17) is 19.1 Å². The van der Waals surface area contributed by atoms with Crippen LogP contribution >= 0.6 is 0 Å². The van der Waals surface area contributed by atoms with E-state index >= 15 is 0 Å². The maximum atomic E-state index is 10.8. The third-order valence-corrected chi connectivity index (χ3v) is 3.26. The Labute approximate surface area is 137 Å². The van der Waals surface area contributed by atoms with Crippen LogP contribution in [0.2, 0.25) is 0 Å². The van der Waals surface area contributed by atoms with E-state index in [0.717, 1.165) is 5.56 Å². The van der Waals surface area contributed by atoms with Crippen molar-refractivity contribution in [3.63, 3.8) is 0 Å². The molecule has 122 valence electrons. The molecule has 1 N–H and O–H groups in total. The van der Waals surface area contributed by atoms with Crippen LogP contribution in [0.25, 0.3) is 11.4 Å². The molecule has 7 heteroatoms. The van der Waals surface area contributed by atoms with Gasteiger partial charge in [-0.05, 0) is 36.4 Å². The summed E-state index contributed by atoms with van der Waals surface area (Å²) in [4.78, 5) is 15.1. The molecule has 0 fully saturated rings. The summed E-state index contributed by atoms with van der Waals surface area (Å²) in [7, 11) is 1.59. The predicted molar refractivity (Wildman–Crippen MR) is 84.0 cm³/mol. The SMILES string of the molecule is COc1cccc(-c2noc(COc3ccc(C(=O)O)cc3)n2)c1. The third-order valence-electron chi connectivity index (χ3n) is 3.26. The molecule has 0 aliphatic carbocycles. The summed E-state index contributed by atoms with van der Waals surface area (Å²) < 4.78 is 15.8. The molecule has 0 saturated carbocycles. The number of aromatic nitrogens is 2. The van der Waals surface area contributed by atoms with Gasteiger partial charge in [-0.1, -0.05) is 17.3 Å². The minimum absolute atomic E-state index is 0.0867. The molecule has 24 heavy (non-hydrogen) atoms.